The third-order valence-electron chi connectivity index (χ3n) is 6.84. The molecule has 9 nitrogen and oxygen atoms in total. The number of anilines is 1. The van der Waals surface area contributed by atoms with Crippen LogP contribution in [0.4, 0.5) is 5.82 Å². The van der Waals surface area contributed by atoms with Gasteiger partial charge < -0.3 is 9.64 Å². The predicted molar refractivity (Wildman–Crippen MR) is 141 cm³/mol. The SMILES string of the molecule is Cc1cc2n(Cc3nc(N(C)CCN4CCOCC4)c4ccccc4n3)c(=O)c3ccccc3n2n1. The lowest BCUT2D eigenvalue weighted by Gasteiger charge is -2.29. The summed E-state index contributed by atoms with van der Waals surface area (Å²) in [6.45, 7) is 7.44. The van der Waals surface area contributed by atoms with Gasteiger partial charge in [0.25, 0.3) is 5.56 Å². The Morgan fingerprint density at radius 1 is 1.00 bits per heavy atom. The average molecular weight is 484 g/mol. The number of rotatable bonds is 6. The number of morpholine rings is 1. The normalized spacial score (nSPS) is 14.7. The molecule has 9 heteroatoms. The second-order valence-corrected chi connectivity index (χ2v) is 9.32. The Morgan fingerprint density at radius 2 is 1.75 bits per heavy atom. The quantitative estimate of drug-likeness (QED) is 0.367. The molecule has 0 unspecified atom stereocenters. The number of aryl methyl sites for hydroxylation is 1. The zero-order chi connectivity index (χ0) is 24.6. The highest BCUT2D eigenvalue weighted by Gasteiger charge is 2.17. The minimum absolute atomic E-state index is 0.0722. The van der Waals surface area contributed by atoms with Gasteiger partial charge in [0.05, 0.1) is 41.9 Å². The number of benzene rings is 2. The van der Waals surface area contributed by atoms with Crippen LogP contribution in [0.15, 0.2) is 59.4 Å². The number of hydrogen-bond donors (Lipinski definition) is 0. The van der Waals surface area contributed by atoms with E-state index in [9.17, 15) is 4.79 Å². The minimum Gasteiger partial charge on any atom is -0.379 e. The fraction of sp³-hybridized carbons (Fsp3) is 0.333. The molecule has 2 aromatic carbocycles. The van der Waals surface area contributed by atoms with Crippen LogP contribution in [0.3, 0.4) is 0 Å². The van der Waals surface area contributed by atoms with Crippen LogP contribution in [0.1, 0.15) is 11.5 Å². The van der Waals surface area contributed by atoms with Crippen molar-refractivity contribution in [3.05, 3.63) is 76.5 Å². The molecule has 1 aliphatic heterocycles. The molecule has 0 bridgehead atoms. The molecule has 3 aromatic heterocycles. The van der Waals surface area contributed by atoms with Crippen molar-refractivity contribution in [1.82, 2.24) is 29.0 Å². The van der Waals surface area contributed by atoms with Crippen LogP contribution in [0.5, 0.6) is 0 Å². The van der Waals surface area contributed by atoms with E-state index in [2.05, 4.69) is 28.0 Å². The summed E-state index contributed by atoms with van der Waals surface area (Å²) in [6.07, 6.45) is 0. The van der Waals surface area contributed by atoms with Crippen molar-refractivity contribution >= 4 is 33.3 Å². The average Bonchev–Trinajstić information content (AvgIpc) is 3.31. The maximum Gasteiger partial charge on any atom is 0.262 e. The third kappa shape index (κ3) is 4.10. The number of para-hydroxylation sites is 2. The number of fused-ring (bicyclic) bond motifs is 4. The van der Waals surface area contributed by atoms with Crippen molar-refractivity contribution in [3.63, 3.8) is 0 Å². The zero-order valence-corrected chi connectivity index (χ0v) is 20.6. The van der Waals surface area contributed by atoms with Crippen LogP contribution in [0, 0.1) is 6.92 Å². The second kappa shape index (κ2) is 9.33. The molecular weight excluding hydrogens is 454 g/mol. The van der Waals surface area contributed by atoms with Crippen LogP contribution in [-0.4, -0.2) is 75.5 Å². The highest BCUT2D eigenvalue weighted by atomic mass is 16.5. The molecule has 1 aliphatic rings. The molecule has 184 valence electrons. The molecule has 1 fully saturated rings. The highest BCUT2D eigenvalue weighted by molar-refractivity contribution is 5.89. The fourth-order valence-corrected chi connectivity index (χ4v) is 4.93. The molecule has 0 saturated carbocycles. The minimum atomic E-state index is -0.0722. The first-order valence-electron chi connectivity index (χ1n) is 12.3. The van der Waals surface area contributed by atoms with Crippen LogP contribution in [0.25, 0.3) is 27.5 Å². The summed E-state index contributed by atoms with van der Waals surface area (Å²) < 4.78 is 9.04. The van der Waals surface area contributed by atoms with E-state index in [1.165, 1.54) is 0 Å². The van der Waals surface area contributed by atoms with Gasteiger partial charge in [0.1, 0.15) is 11.5 Å². The van der Waals surface area contributed by atoms with Crippen LogP contribution >= 0.6 is 0 Å². The fourth-order valence-electron chi connectivity index (χ4n) is 4.93. The van der Waals surface area contributed by atoms with E-state index in [-0.39, 0.29) is 12.1 Å². The van der Waals surface area contributed by atoms with Gasteiger partial charge in [0, 0.05) is 44.7 Å². The number of nitrogens with zero attached hydrogens (tertiary/aromatic N) is 7. The number of likely N-dealkylation sites (N-methyl/N-ethyl adjacent to an activating group) is 1. The summed E-state index contributed by atoms with van der Waals surface area (Å²) in [5.74, 6) is 1.47. The molecule has 0 spiro atoms. The predicted octanol–water partition coefficient (Wildman–Crippen LogP) is 2.72. The molecule has 0 aliphatic carbocycles. The first kappa shape index (κ1) is 22.6. The second-order valence-electron chi connectivity index (χ2n) is 9.32. The van der Waals surface area contributed by atoms with Crippen LogP contribution in [-0.2, 0) is 11.3 Å². The van der Waals surface area contributed by atoms with E-state index < -0.39 is 0 Å². The number of aromatic nitrogens is 5. The molecule has 0 amide bonds. The molecule has 5 aromatic rings. The van der Waals surface area contributed by atoms with Crippen molar-refractivity contribution in [1.29, 1.82) is 0 Å². The molecule has 6 rings (SSSR count). The topological polar surface area (TPSA) is 80.8 Å². The van der Waals surface area contributed by atoms with E-state index in [0.717, 1.165) is 73.0 Å². The van der Waals surface area contributed by atoms with Gasteiger partial charge in [-0.1, -0.05) is 24.3 Å². The van der Waals surface area contributed by atoms with Gasteiger partial charge >= 0.3 is 0 Å². The van der Waals surface area contributed by atoms with Gasteiger partial charge in [-0.25, -0.2) is 14.5 Å². The number of hydrogen-bond acceptors (Lipinski definition) is 7. The van der Waals surface area contributed by atoms with Crippen LogP contribution in [0.2, 0.25) is 0 Å². The van der Waals surface area contributed by atoms with Crippen LogP contribution < -0.4 is 10.5 Å². The van der Waals surface area contributed by atoms with E-state index in [4.69, 9.17) is 14.7 Å². The zero-order valence-electron chi connectivity index (χ0n) is 20.6. The Kier molecular flexibility index (Phi) is 5.86. The van der Waals surface area contributed by atoms with Gasteiger partial charge in [0.2, 0.25) is 0 Å². The maximum absolute atomic E-state index is 13.6. The highest BCUT2D eigenvalue weighted by Crippen LogP contribution is 2.24. The van der Waals surface area contributed by atoms with Gasteiger partial charge in [-0.05, 0) is 31.2 Å². The van der Waals surface area contributed by atoms with Crippen molar-refractivity contribution in [2.75, 3.05) is 51.3 Å². The largest absolute Gasteiger partial charge is 0.379 e. The maximum atomic E-state index is 13.6. The van der Waals surface area contributed by atoms with Crippen molar-refractivity contribution in [3.8, 4) is 0 Å². The third-order valence-corrected chi connectivity index (χ3v) is 6.84. The molecule has 0 N–H and O–H groups in total. The van der Waals surface area contributed by atoms with E-state index in [0.29, 0.717) is 11.2 Å². The summed E-state index contributed by atoms with van der Waals surface area (Å²) >= 11 is 0. The Labute approximate surface area is 208 Å². The van der Waals surface area contributed by atoms with E-state index in [1.807, 2.05) is 60.0 Å². The molecule has 36 heavy (non-hydrogen) atoms. The Balaban J connectivity index is 1.41. The molecule has 1 saturated heterocycles. The van der Waals surface area contributed by atoms with Gasteiger partial charge in [-0.15, -0.1) is 0 Å². The molecule has 0 radical (unpaired) electrons. The lowest BCUT2D eigenvalue weighted by Crippen LogP contribution is -2.41. The van der Waals surface area contributed by atoms with Gasteiger partial charge in [-0.2, -0.15) is 5.10 Å². The lowest BCUT2D eigenvalue weighted by molar-refractivity contribution is 0.0393. The standard InChI is InChI=1S/C27H29N7O2/c1-19-17-25-33(27(35)21-8-4-6-10-23(21)34(25)30-19)18-24-28-22-9-5-3-7-20(22)26(29-24)31(2)11-12-32-13-15-36-16-14-32/h3-10,17H,11-16,18H2,1-2H3. The van der Waals surface area contributed by atoms with Crippen molar-refractivity contribution in [2.24, 2.45) is 0 Å². The first-order valence-corrected chi connectivity index (χ1v) is 12.3. The molecule has 0 atom stereocenters. The molecule has 4 heterocycles. The molecular formula is C27H29N7O2. The van der Waals surface area contributed by atoms with Gasteiger partial charge in [0.15, 0.2) is 5.82 Å². The summed E-state index contributed by atoms with van der Waals surface area (Å²) in [4.78, 5) is 28.0. The monoisotopic (exact) mass is 483 g/mol. The Morgan fingerprint density at radius 3 is 2.58 bits per heavy atom. The summed E-state index contributed by atoms with van der Waals surface area (Å²) in [5.41, 5.74) is 3.17. The van der Waals surface area contributed by atoms with Gasteiger partial charge in [-0.3, -0.25) is 14.3 Å². The van der Waals surface area contributed by atoms with Crippen molar-refractivity contribution in [2.45, 2.75) is 13.5 Å². The Hall–Kier alpha value is -3.82. The number of ether oxygens (including phenoxy) is 1. The summed E-state index contributed by atoms with van der Waals surface area (Å²) in [6, 6.07) is 17.6. The van der Waals surface area contributed by atoms with E-state index in [1.54, 1.807) is 4.57 Å². The smallest absolute Gasteiger partial charge is 0.262 e. The summed E-state index contributed by atoms with van der Waals surface area (Å²) in [7, 11) is 2.07. The lowest BCUT2D eigenvalue weighted by atomic mass is 10.2. The first-order chi connectivity index (χ1) is 17.6. The van der Waals surface area contributed by atoms with E-state index >= 15 is 0 Å². The summed E-state index contributed by atoms with van der Waals surface area (Å²) in [5, 5.41) is 6.27. The van der Waals surface area contributed by atoms with Crippen molar-refractivity contribution < 1.29 is 4.74 Å². The Bertz CT molecular complexity index is 1620.